The molecule has 0 radical (unpaired) electrons. The molecule has 0 bridgehead atoms. The van der Waals surface area contributed by atoms with Gasteiger partial charge < -0.3 is 24.2 Å². The van der Waals surface area contributed by atoms with Crippen LogP contribution in [0.3, 0.4) is 0 Å². The van der Waals surface area contributed by atoms with E-state index >= 15 is 0 Å². The van der Waals surface area contributed by atoms with Gasteiger partial charge in [0.25, 0.3) is 5.91 Å². The second kappa shape index (κ2) is 11.6. The maximum Gasteiger partial charge on any atom is 0.288 e. The van der Waals surface area contributed by atoms with Crippen molar-refractivity contribution >= 4 is 17.2 Å². The Hall–Kier alpha value is -1.41. The summed E-state index contributed by atoms with van der Waals surface area (Å²) < 4.78 is 17.0. The molecule has 3 rings (SSSR count). The van der Waals surface area contributed by atoms with Crippen molar-refractivity contribution in [1.29, 1.82) is 0 Å². The lowest BCUT2D eigenvalue weighted by molar-refractivity contribution is -0.156. The van der Waals surface area contributed by atoms with Crippen molar-refractivity contribution in [2.24, 2.45) is 0 Å². The lowest BCUT2D eigenvalue weighted by Gasteiger charge is -2.32. The summed E-state index contributed by atoms with van der Waals surface area (Å²) in [7, 11) is 0. The van der Waals surface area contributed by atoms with E-state index in [1.165, 1.54) is 24.1 Å². The van der Waals surface area contributed by atoms with Gasteiger partial charge in [0.15, 0.2) is 5.76 Å². The molecule has 1 aromatic rings. The van der Waals surface area contributed by atoms with E-state index in [4.69, 9.17) is 19.3 Å². The lowest BCUT2D eigenvalue weighted by Crippen LogP contribution is -2.38. The number of aliphatic hydroxyl groups excluding tert-OH is 1. The molecule has 6 nitrogen and oxygen atoms in total. The first-order chi connectivity index (χ1) is 13.8. The molecule has 0 aromatic carbocycles. The van der Waals surface area contributed by atoms with E-state index in [1.54, 1.807) is 11.3 Å². The number of hydrogen-bond acceptors (Lipinski definition) is 6. The highest BCUT2D eigenvalue weighted by Gasteiger charge is 2.31. The van der Waals surface area contributed by atoms with Crippen LogP contribution in [-0.2, 0) is 19.0 Å². The van der Waals surface area contributed by atoms with Crippen LogP contribution >= 0.6 is 11.3 Å². The van der Waals surface area contributed by atoms with Gasteiger partial charge >= 0.3 is 0 Å². The van der Waals surface area contributed by atoms with Crippen LogP contribution in [0.15, 0.2) is 29.3 Å². The highest BCUT2D eigenvalue weighted by atomic mass is 32.1. The van der Waals surface area contributed by atoms with Crippen molar-refractivity contribution in [3.05, 3.63) is 34.2 Å². The minimum Gasteiger partial charge on any atom is -0.459 e. The number of carbonyl (C=O) groups is 1. The number of rotatable bonds is 8. The molecule has 2 aliphatic heterocycles. The van der Waals surface area contributed by atoms with Crippen LogP contribution in [0, 0.1) is 0 Å². The number of aliphatic hydroxyl groups is 1. The first-order valence-corrected chi connectivity index (χ1v) is 11.2. The summed E-state index contributed by atoms with van der Waals surface area (Å²) in [5.74, 6) is 0.505. The summed E-state index contributed by atoms with van der Waals surface area (Å²) in [6.07, 6.45) is 7.90. The molecule has 2 atom stereocenters. The average Bonchev–Trinajstić information content (AvgIpc) is 3.22. The highest BCUT2D eigenvalue weighted by Crippen LogP contribution is 2.34. The molecule has 0 unspecified atom stereocenters. The number of allylic oxidation sites excluding steroid dienone is 1. The van der Waals surface area contributed by atoms with E-state index in [-0.39, 0.29) is 18.4 Å². The standard InChI is InChI=1S/C21H31NO5S/c23-10-11-25-12-13-26-20-16-17(19-7-6-14-28-19)15-18(27-20)21(24)22-8-4-2-1-3-5-9-22/h6-7,14-15,17,20,23H,1-5,8-13,16H2/t17-,20+/m0/s1. The normalized spacial score (nSPS) is 23.5. The molecule has 1 amide bonds. The molecule has 28 heavy (non-hydrogen) atoms. The summed E-state index contributed by atoms with van der Waals surface area (Å²) >= 11 is 1.69. The van der Waals surface area contributed by atoms with Crippen molar-refractivity contribution < 1.29 is 24.1 Å². The Morgan fingerprint density at radius 3 is 2.68 bits per heavy atom. The molecule has 156 valence electrons. The molecular weight excluding hydrogens is 378 g/mol. The zero-order valence-corrected chi connectivity index (χ0v) is 17.2. The van der Waals surface area contributed by atoms with E-state index in [0.717, 1.165) is 25.9 Å². The molecule has 0 aliphatic carbocycles. The van der Waals surface area contributed by atoms with Crippen molar-refractivity contribution in [2.45, 2.75) is 50.7 Å². The summed E-state index contributed by atoms with van der Waals surface area (Å²) in [4.78, 5) is 16.3. The van der Waals surface area contributed by atoms with Crippen LogP contribution in [0.1, 0.15) is 49.3 Å². The summed E-state index contributed by atoms with van der Waals surface area (Å²) in [5, 5.41) is 10.8. The molecule has 1 aromatic heterocycles. The van der Waals surface area contributed by atoms with Crippen LogP contribution in [0.5, 0.6) is 0 Å². The van der Waals surface area contributed by atoms with Crippen molar-refractivity contribution in [2.75, 3.05) is 39.5 Å². The van der Waals surface area contributed by atoms with Gasteiger partial charge in [-0.15, -0.1) is 11.3 Å². The topological polar surface area (TPSA) is 68.2 Å². The molecule has 1 N–H and O–H groups in total. The Morgan fingerprint density at radius 1 is 1.18 bits per heavy atom. The number of likely N-dealkylation sites (tertiary alicyclic amines) is 1. The fraction of sp³-hybridized carbons (Fsp3) is 0.667. The zero-order chi connectivity index (χ0) is 19.6. The van der Waals surface area contributed by atoms with Gasteiger partial charge in [-0.3, -0.25) is 4.79 Å². The second-order valence-corrected chi connectivity index (χ2v) is 8.18. The Morgan fingerprint density at radius 2 is 1.96 bits per heavy atom. The third kappa shape index (κ3) is 6.30. The van der Waals surface area contributed by atoms with E-state index in [2.05, 4.69) is 11.4 Å². The van der Waals surface area contributed by atoms with Crippen molar-refractivity contribution in [3.8, 4) is 0 Å². The maximum absolute atomic E-state index is 13.1. The van der Waals surface area contributed by atoms with E-state index in [9.17, 15) is 4.79 Å². The van der Waals surface area contributed by atoms with Gasteiger partial charge in [0, 0.05) is 30.3 Å². The highest BCUT2D eigenvalue weighted by molar-refractivity contribution is 7.10. The number of amides is 1. The van der Waals surface area contributed by atoms with Gasteiger partial charge in [-0.1, -0.05) is 25.3 Å². The van der Waals surface area contributed by atoms with Crippen LogP contribution in [0.4, 0.5) is 0 Å². The van der Waals surface area contributed by atoms with Gasteiger partial charge in [-0.25, -0.2) is 0 Å². The number of nitrogens with zero attached hydrogens (tertiary/aromatic N) is 1. The Labute approximate surface area is 171 Å². The van der Waals surface area contributed by atoms with Crippen LogP contribution in [0.2, 0.25) is 0 Å². The SMILES string of the molecule is O=C(C1=C[C@H](c2cccs2)C[C@H](OCCOCCO)O1)N1CCCCCCC1. The Bertz CT molecular complexity index is 610. The smallest absolute Gasteiger partial charge is 0.288 e. The monoisotopic (exact) mass is 409 g/mol. The molecule has 2 aliphatic rings. The van der Waals surface area contributed by atoms with Gasteiger partial charge in [0.2, 0.25) is 6.29 Å². The molecule has 3 heterocycles. The zero-order valence-electron chi connectivity index (χ0n) is 16.4. The number of thiophene rings is 1. The molecule has 7 heteroatoms. The third-order valence-corrected chi connectivity index (χ3v) is 6.09. The fourth-order valence-corrected chi connectivity index (χ4v) is 4.43. The third-order valence-electron chi connectivity index (χ3n) is 5.09. The van der Waals surface area contributed by atoms with Crippen molar-refractivity contribution in [1.82, 2.24) is 4.90 Å². The summed E-state index contributed by atoms with van der Waals surface area (Å²) in [5.41, 5.74) is 0. The summed E-state index contributed by atoms with van der Waals surface area (Å²) in [6.45, 7) is 2.65. The Kier molecular flexibility index (Phi) is 8.79. The molecule has 1 saturated heterocycles. The van der Waals surface area contributed by atoms with Crippen LogP contribution in [-0.4, -0.2) is 61.7 Å². The molecular formula is C21H31NO5S. The van der Waals surface area contributed by atoms with E-state index < -0.39 is 6.29 Å². The maximum atomic E-state index is 13.1. The number of carbonyl (C=O) groups excluding carboxylic acids is 1. The fourth-order valence-electron chi connectivity index (χ4n) is 3.62. The molecule has 0 saturated carbocycles. The minimum absolute atomic E-state index is 0.00238. The molecule has 1 fully saturated rings. The predicted octanol–water partition coefficient (Wildman–Crippen LogP) is 3.28. The second-order valence-electron chi connectivity index (χ2n) is 7.20. The average molecular weight is 410 g/mol. The minimum atomic E-state index is -0.469. The van der Waals surface area contributed by atoms with Gasteiger partial charge in [-0.05, 0) is 30.4 Å². The Balaban J connectivity index is 1.65. The largest absolute Gasteiger partial charge is 0.459 e. The molecule has 0 spiro atoms. The van der Waals surface area contributed by atoms with Gasteiger partial charge in [0.1, 0.15) is 0 Å². The quantitative estimate of drug-likeness (QED) is 0.668. The lowest BCUT2D eigenvalue weighted by atomic mass is 9.99. The van der Waals surface area contributed by atoms with E-state index in [0.29, 0.717) is 32.0 Å². The first-order valence-electron chi connectivity index (χ1n) is 10.3. The van der Waals surface area contributed by atoms with Gasteiger partial charge in [-0.2, -0.15) is 0 Å². The van der Waals surface area contributed by atoms with Gasteiger partial charge in [0.05, 0.1) is 26.4 Å². The predicted molar refractivity (Wildman–Crippen MR) is 108 cm³/mol. The first kappa shape index (κ1) is 21.3. The summed E-state index contributed by atoms with van der Waals surface area (Å²) in [6, 6.07) is 4.12. The van der Waals surface area contributed by atoms with Crippen LogP contribution in [0.25, 0.3) is 0 Å². The van der Waals surface area contributed by atoms with E-state index in [1.807, 2.05) is 17.0 Å². The number of hydrogen-bond donors (Lipinski definition) is 1. The van der Waals surface area contributed by atoms with Crippen molar-refractivity contribution in [3.63, 3.8) is 0 Å². The number of ether oxygens (including phenoxy) is 3. The van der Waals surface area contributed by atoms with Crippen LogP contribution < -0.4 is 0 Å².